The number of anilines is 1. The van der Waals surface area contributed by atoms with Gasteiger partial charge in [0.05, 0.1) is 27.7 Å². The van der Waals surface area contributed by atoms with E-state index in [4.69, 9.17) is 28.2 Å². The molecule has 0 saturated carbocycles. The van der Waals surface area contributed by atoms with Crippen LogP contribution in [0, 0.1) is 5.92 Å². The van der Waals surface area contributed by atoms with Gasteiger partial charge in [0.2, 0.25) is 5.91 Å². The first-order chi connectivity index (χ1) is 14.7. The predicted octanol–water partition coefficient (Wildman–Crippen LogP) is 4.59. The van der Waals surface area contributed by atoms with E-state index in [1.807, 2.05) is 19.0 Å². The number of hydrogen-bond donors (Lipinski definition) is 1. The Labute approximate surface area is 194 Å². The Bertz CT molecular complexity index is 1220. The fourth-order valence-corrected chi connectivity index (χ4v) is 5.71. The predicted molar refractivity (Wildman–Crippen MR) is 128 cm³/mol. The minimum Gasteiger partial charge on any atom is -0.323 e. The van der Waals surface area contributed by atoms with E-state index >= 15 is 0 Å². The van der Waals surface area contributed by atoms with E-state index in [9.17, 15) is 9.59 Å². The Balaban J connectivity index is 1.74. The van der Waals surface area contributed by atoms with E-state index in [1.165, 1.54) is 9.44 Å². The van der Waals surface area contributed by atoms with Gasteiger partial charge in [0.25, 0.3) is 5.56 Å². The van der Waals surface area contributed by atoms with Crippen molar-refractivity contribution in [1.82, 2.24) is 14.5 Å². The van der Waals surface area contributed by atoms with Crippen LogP contribution < -0.4 is 10.9 Å². The highest BCUT2D eigenvalue weighted by Crippen LogP contribution is 2.36. The zero-order valence-corrected chi connectivity index (χ0v) is 20.0. The third-order valence-corrected chi connectivity index (χ3v) is 7.45. The minimum atomic E-state index is -0.356. The van der Waals surface area contributed by atoms with Gasteiger partial charge in [0, 0.05) is 4.88 Å². The summed E-state index contributed by atoms with van der Waals surface area (Å²) in [5.41, 5.74) is 1.37. The number of hydrogen-bond acceptors (Lipinski definition) is 5. The van der Waals surface area contributed by atoms with Gasteiger partial charge < -0.3 is 10.2 Å². The van der Waals surface area contributed by atoms with Crippen molar-refractivity contribution in [3.8, 4) is 0 Å². The van der Waals surface area contributed by atoms with Crippen molar-refractivity contribution in [2.75, 3.05) is 19.4 Å². The number of carbonyl (C=O) groups is 1. The summed E-state index contributed by atoms with van der Waals surface area (Å²) in [6.45, 7) is 2.55. The molecule has 1 amide bonds. The van der Waals surface area contributed by atoms with Crippen molar-refractivity contribution in [2.24, 2.45) is 5.92 Å². The van der Waals surface area contributed by atoms with Crippen LogP contribution in [0.2, 0.25) is 10.0 Å². The average molecular weight is 479 g/mol. The molecule has 1 N–H and O–H groups in total. The largest absolute Gasteiger partial charge is 0.323 e. The molecule has 164 valence electrons. The second-order valence-corrected chi connectivity index (χ2v) is 10.2. The van der Waals surface area contributed by atoms with Gasteiger partial charge in [-0.1, -0.05) is 36.2 Å². The van der Waals surface area contributed by atoms with Crippen molar-refractivity contribution in [1.29, 1.82) is 0 Å². The van der Waals surface area contributed by atoms with Crippen molar-refractivity contribution < 1.29 is 4.79 Å². The second-order valence-electron chi connectivity index (χ2n) is 8.34. The monoisotopic (exact) mass is 478 g/mol. The highest BCUT2D eigenvalue weighted by atomic mass is 35.5. The molecular weight excluding hydrogens is 455 g/mol. The number of amides is 1. The zero-order chi connectivity index (χ0) is 22.3. The van der Waals surface area contributed by atoms with E-state index in [0.29, 0.717) is 34.4 Å². The summed E-state index contributed by atoms with van der Waals surface area (Å²) in [6, 6.07) is 5.03. The Morgan fingerprint density at radius 3 is 2.87 bits per heavy atom. The van der Waals surface area contributed by atoms with Crippen LogP contribution in [0.3, 0.4) is 0 Å². The van der Waals surface area contributed by atoms with Crippen molar-refractivity contribution in [3.05, 3.63) is 54.9 Å². The summed E-state index contributed by atoms with van der Waals surface area (Å²) in [7, 11) is 3.82. The van der Waals surface area contributed by atoms with Gasteiger partial charge in [-0.3, -0.25) is 14.2 Å². The SMILES string of the molecule is CC1CCc2c(sc3nc(CN(C)C)n(CC(=O)Nc4cccc(Cl)c4Cl)c(=O)c23)C1. The topological polar surface area (TPSA) is 67.2 Å². The molecule has 0 fully saturated rings. The molecule has 6 nitrogen and oxygen atoms in total. The summed E-state index contributed by atoms with van der Waals surface area (Å²) in [6.07, 6.45) is 2.92. The minimum absolute atomic E-state index is 0.144. The molecule has 0 saturated heterocycles. The maximum absolute atomic E-state index is 13.5. The van der Waals surface area contributed by atoms with Crippen LogP contribution >= 0.6 is 34.5 Å². The smallest absolute Gasteiger partial charge is 0.263 e. The Kier molecular flexibility index (Phi) is 6.40. The van der Waals surface area contributed by atoms with Gasteiger partial charge in [0.15, 0.2) is 0 Å². The first-order valence-corrected chi connectivity index (χ1v) is 11.7. The van der Waals surface area contributed by atoms with E-state index in [0.717, 1.165) is 29.7 Å². The lowest BCUT2D eigenvalue weighted by molar-refractivity contribution is -0.116. The molecule has 1 aliphatic carbocycles. The van der Waals surface area contributed by atoms with Crippen LogP contribution in [0.15, 0.2) is 23.0 Å². The molecule has 9 heteroatoms. The molecule has 1 unspecified atom stereocenters. The molecular formula is C22H24Cl2N4O2S. The van der Waals surface area contributed by atoms with Crippen LogP contribution in [0.25, 0.3) is 10.2 Å². The van der Waals surface area contributed by atoms with Crippen molar-refractivity contribution in [3.63, 3.8) is 0 Å². The highest BCUT2D eigenvalue weighted by Gasteiger charge is 2.25. The number of fused-ring (bicyclic) bond motifs is 3. The molecule has 1 aliphatic rings. The Morgan fingerprint density at radius 1 is 1.35 bits per heavy atom. The molecule has 31 heavy (non-hydrogen) atoms. The molecule has 2 aromatic heterocycles. The number of rotatable bonds is 5. The van der Waals surface area contributed by atoms with Gasteiger partial charge >= 0.3 is 0 Å². The summed E-state index contributed by atoms with van der Waals surface area (Å²) in [4.78, 5) is 35.1. The maximum Gasteiger partial charge on any atom is 0.263 e. The fourth-order valence-electron chi connectivity index (χ4n) is 3.97. The standard InChI is InChI=1S/C22H24Cl2N4O2S/c1-12-7-8-13-16(9-12)31-21-19(13)22(30)28(17(26-21)10-27(2)3)11-18(29)25-15-6-4-5-14(23)20(15)24/h4-6,12H,7-11H2,1-3H3,(H,25,29). The normalized spacial score (nSPS) is 16.0. The van der Waals surface area contributed by atoms with Crippen LogP contribution in [-0.4, -0.2) is 34.5 Å². The molecule has 0 radical (unpaired) electrons. The quantitative estimate of drug-likeness (QED) is 0.582. The van der Waals surface area contributed by atoms with E-state index in [-0.39, 0.29) is 23.0 Å². The van der Waals surface area contributed by atoms with Gasteiger partial charge in [-0.05, 0) is 57.0 Å². The van der Waals surface area contributed by atoms with Crippen molar-refractivity contribution >= 4 is 56.3 Å². The third kappa shape index (κ3) is 4.51. The summed E-state index contributed by atoms with van der Waals surface area (Å²) >= 11 is 13.9. The van der Waals surface area contributed by atoms with Gasteiger partial charge in [-0.25, -0.2) is 4.98 Å². The lowest BCUT2D eigenvalue weighted by atomic mass is 9.89. The Hall–Kier alpha value is -1.93. The fraction of sp³-hybridized carbons (Fsp3) is 0.409. The van der Waals surface area contributed by atoms with Gasteiger partial charge in [-0.2, -0.15) is 0 Å². The molecule has 4 rings (SSSR count). The molecule has 3 aromatic rings. The first kappa shape index (κ1) is 22.3. The highest BCUT2D eigenvalue weighted by molar-refractivity contribution is 7.18. The summed E-state index contributed by atoms with van der Waals surface area (Å²) in [5.74, 6) is 0.823. The van der Waals surface area contributed by atoms with E-state index < -0.39 is 0 Å². The van der Waals surface area contributed by atoms with Crippen molar-refractivity contribution in [2.45, 2.75) is 39.3 Å². The summed E-state index contributed by atoms with van der Waals surface area (Å²) in [5, 5.41) is 4.06. The van der Waals surface area contributed by atoms with Gasteiger partial charge in [-0.15, -0.1) is 11.3 Å². The number of nitrogens with one attached hydrogen (secondary N) is 1. The number of halogens is 2. The van der Waals surface area contributed by atoms with E-state index in [2.05, 4.69) is 12.2 Å². The number of benzene rings is 1. The average Bonchev–Trinajstić information content (AvgIpc) is 3.05. The van der Waals surface area contributed by atoms with Crippen LogP contribution in [0.5, 0.6) is 0 Å². The maximum atomic E-state index is 13.5. The number of carbonyl (C=O) groups excluding carboxylic acids is 1. The number of thiophene rings is 1. The first-order valence-electron chi connectivity index (χ1n) is 10.2. The summed E-state index contributed by atoms with van der Waals surface area (Å²) < 4.78 is 1.49. The molecule has 0 spiro atoms. The molecule has 0 bridgehead atoms. The van der Waals surface area contributed by atoms with Gasteiger partial charge in [0.1, 0.15) is 17.2 Å². The molecule has 1 aromatic carbocycles. The molecule has 1 atom stereocenters. The molecule has 0 aliphatic heterocycles. The third-order valence-electron chi connectivity index (χ3n) is 5.48. The number of nitrogens with zero attached hydrogens (tertiary/aromatic N) is 3. The lowest BCUT2D eigenvalue weighted by Crippen LogP contribution is -2.33. The number of aryl methyl sites for hydroxylation is 1. The van der Waals surface area contributed by atoms with Crippen LogP contribution in [0.4, 0.5) is 5.69 Å². The molecule has 2 heterocycles. The Morgan fingerprint density at radius 2 is 2.13 bits per heavy atom. The van der Waals surface area contributed by atoms with Crippen LogP contribution in [-0.2, 0) is 30.7 Å². The number of aromatic nitrogens is 2. The van der Waals surface area contributed by atoms with Crippen LogP contribution in [0.1, 0.15) is 29.6 Å². The zero-order valence-electron chi connectivity index (χ0n) is 17.7. The lowest BCUT2D eigenvalue weighted by Gasteiger charge is -2.18. The van der Waals surface area contributed by atoms with E-state index in [1.54, 1.807) is 29.5 Å². The second kappa shape index (κ2) is 8.90.